The Morgan fingerprint density at radius 1 is 1.26 bits per heavy atom. The maximum absolute atomic E-state index is 12.3. The Balaban J connectivity index is 1.76. The number of nitrogens with zero attached hydrogens (tertiary/aromatic N) is 3. The van der Waals surface area contributed by atoms with E-state index in [-0.39, 0.29) is 11.9 Å². The number of amides is 1. The molecule has 2 N–H and O–H groups in total. The molecule has 0 aliphatic heterocycles. The Morgan fingerprint density at radius 3 is 2.74 bits per heavy atom. The van der Waals surface area contributed by atoms with Crippen molar-refractivity contribution in [1.82, 2.24) is 20.3 Å². The van der Waals surface area contributed by atoms with Gasteiger partial charge in [0.15, 0.2) is 5.01 Å². The third-order valence-electron chi connectivity index (χ3n) is 3.95. The smallest absolute Gasteiger partial charge is 0.280 e. The van der Waals surface area contributed by atoms with Crippen molar-refractivity contribution in [3.63, 3.8) is 0 Å². The minimum Gasteiger partial charge on any atom is -0.343 e. The van der Waals surface area contributed by atoms with E-state index >= 15 is 0 Å². The maximum Gasteiger partial charge on any atom is 0.280 e. The molecular weight excluding hydrogens is 382 g/mol. The fourth-order valence-corrected chi connectivity index (χ4v) is 3.34. The Kier molecular flexibility index (Phi) is 6.36. The standard InChI is InChI=1S/C19H20ClN5OS/c1-3-4-16(25-18(26)19-21-7-8-27-19)13-9-15(20)17(23-10-13)24-14-6-5-12(2)22-11-14/h5-11,16H,3-4H2,1-2H3,(H,23,24)(H,25,26)/t16-/m1/s1. The zero-order valence-electron chi connectivity index (χ0n) is 15.1. The number of rotatable bonds is 7. The van der Waals surface area contributed by atoms with E-state index in [1.165, 1.54) is 11.3 Å². The number of thiazole rings is 1. The first-order valence-electron chi connectivity index (χ1n) is 8.62. The molecule has 0 bridgehead atoms. The van der Waals surface area contributed by atoms with Gasteiger partial charge in [0.1, 0.15) is 5.82 Å². The SMILES string of the molecule is CCC[C@@H](NC(=O)c1nccs1)c1cnc(Nc2ccc(C)nc2)c(Cl)c1. The van der Waals surface area contributed by atoms with Crippen LogP contribution in [0.5, 0.6) is 0 Å². The lowest BCUT2D eigenvalue weighted by molar-refractivity contribution is 0.0934. The summed E-state index contributed by atoms with van der Waals surface area (Å²) in [7, 11) is 0. The van der Waals surface area contributed by atoms with Crippen LogP contribution in [-0.4, -0.2) is 20.9 Å². The van der Waals surface area contributed by atoms with Crippen molar-refractivity contribution < 1.29 is 4.79 Å². The van der Waals surface area contributed by atoms with Crippen LogP contribution in [0.2, 0.25) is 5.02 Å². The maximum atomic E-state index is 12.3. The normalized spacial score (nSPS) is 11.8. The van der Waals surface area contributed by atoms with Gasteiger partial charge in [-0.3, -0.25) is 9.78 Å². The topological polar surface area (TPSA) is 79.8 Å². The number of carbonyl (C=O) groups is 1. The van der Waals surface area contributed by atoms with E-state index in [4.69, 9.17) is 11.6 Å². The summed E-state index contributed by atoms with van der Waals surface area (Å²) in [5.74, 6) is 0.361. The monoisotopic (exact) mass is 401 g/mol. The molecule has 3 aromatic heterocycles. The van der Waals surface area contributed by atoms with Crippen molar-refractivity contribution in [2.75, 3.05) is 5.32 Å². The fraction of sp³-hybridized carbons (Fsp3) is 0.263. The van der Waals surface area contributed by atoms with E-state index in [0.29, 0.717) is 15.8 Å². The second-order valence-corrected chi connectivity index (χ2v) is 7.37. The summed E-state index contributed by atoms with van der Waals surface area (Å²) >= 11 is 7.74. The molecule has 0 aliphatic rings. The molecule has 3 heterocycles. The number of pyridine rings is 2. The van der Waals surface area contributed by atoms with Gasteiger partial charge in [0.25, 0.3) is 5.91 Å². The van der Waals surface area contributed by atoms with E-state index in [1.807, 2.05) is 25.1 Å². The number of carbonyl (C=O) groups excluding carboxylic acids is 1. The van der Waals surface area contributed by atoms with Crippen molar-refractivity contribution in [2.45, 2.75) is 32.7 Å². The molecule has 0 aliphatic carbocycles. The van der Waals surface area contributed by atoms with Crippen LogP contribution in [0.15, 0.2) is 42.2 Å². The Hall–Kier alpha value is -2.51. The highest BCUT2D eigenvalue weighted by molar-refractivity contribution is 7.11. The quantitative estimate of drug-likeness (QED) is 0.588. The minimum atomic E-state index is -0.187. The molecule has 0 fully saturated rings. The summed E-state index contributed by atoms with van der Waals surface area (Å²) in [5, 5.41) is 8.89. The number of hydrogen-bond donors (Lipinski definition) is 2. The molecular formula is C19H20ClN5OS. The lowest BCUT2D eigenvalue weighted by atomic mass is 10.0. The molecule has 27 heavy (non-hydrogen) atoms. The molecule has 1 atom stereocenters. The van der Waals surface area contributed by atoms with E-state index in [2.05, 4.69) is 32.5 Å². The number of nitrogens with one attached hydrogen (secondary N) is 2. The summed E-state index contributed by atoms with van der Waals surface area (Å²) in [6.07, 6.45) is 6.78. The van der Waals surface area contributed by atoms with Gasteiger partial charge in [-0.25, -0.2) is 9.97 Å². The predicted octanol–water partition coefficient (Wildman–Crippen LogP) is 4.91. The summed E-state index contributed by atoms with van der Waals surface area (Å²) < 4.78 is 0. The third-order valence-corrected chi connectivity index (χ3v) is 5.01. The summed E-state index contributed by atoms with van der Waals surface area (Å²) in [6.45, 7) is 4.00. The molecule has 0 saturated heterocycles. The molecule has 6 nitrogen and oxygen atoms in total. The van der Waals surface area contributed by atoms with Crippen molar-refractivity contribution in [2.24, 2.45) is 0 Å². The highest BCUT2D eigenvalue weighted by Crippen LogP contribution is 2.28. The number of hydrogen-bond acceptors (Lipinski definition) is 6. The molecule has 3 aromatic rings. The summed E-state index contributed by atoms with van der Waals surface area (Å²) in [4.78, 5) is 25.1. The summed E-state index contributed by atoms with van der Waals surface area (Å²) in [6, 6.07) is 5.49. The molecule has 0 spiro atoms. The molecule has 8 heteroatoms. The van der Waals surface area contributed by atoms with Gasteiger partial charge in [-0.1, -0.05) is 24.9 Å². The average molecular weight is 402 g/mol. The molecule has 0 unspecified atom stereocenters. The van der Waals surface area contributed by atoms with Gasteiger partial charge in [0.2, 0.25) is 0 Å². The predicted molar refractivity (Wildman–Crippen MR) is 109 cm³/mol. The number of halogens is 1. The van der Waals surface area contributed by atoms with Crippen LogP contribution in [0.4, 0.5) is 11.5 Å². The van der Waals surface area contributed by atoms with Crippen LogP contribution in [0, 0.1) is 6.92 Å². The minimum absolute atomic E-state index is 0.175. The Labute approximate surface area is 167 Å². The van der Waals surface area contributed by atoms with E-state index in [9.17, 15) is 4.79 Å². The van der Waals surface area contributed by atoms with Gasteiger partial charge in [-0.05, 0) is 37.1 Å². The van der Waals surface area contributed by atoms with Gasteiger partial charge in [0.05, 0.1) is 22.9 Å². The van der Waals surface area contributed by atoms with Crippen LogP contribution in [0.1, 0.15) is 46.9 Å². The lowest BCUT2D eigenvalue weighted by Crippen LogP contribution is -2.28. The second kappa shape index (κ2) is 8.92. The lowest BCUT2D eigenvalue weighted by Gasteiger charge is -2.19. The van der Waals surface area contributed by atoms with Gasteiger partial charge in [0, 0.05) is 23.5 Å². The molecule has 3 rings (SSSR count). The largest absolute Gasteiger partial charge is 0.343 e. The number of anilines is 2. The first kappa shape index (κ1) is 19.3. The molecule has 0 saturated carbocycles. The molecule has 0 radical (unpaired) electrons. The van der Waals surface area contributed by atoms with Crippen LogP contribution < -0.4 is 10.6 Å². The zero-order valence-corrected chi connectivity index (χ0v) is 16.6. The Bertz CT molecular complexity index is 899. The van der Waals surface area contributed by atoms with Crippen LogP contribution >= 0.6 is 22.9 Å². The van der Waals surface area contributed by atoms with Crippen molar-refractivity contribution in [3.05, 3.63) is 63.5 Å². The zero-order chi connectivity index (χ0) is 19.2. The second-order valence-electron chi connectivity index (χ2n) is 6.06. The van der Waals surface area contributed by atoms with Crippen molar-refractivity contribution in [3.8, 4) is 0 Å². The average Bonchev–Trinajstić information content (AvgIpc) is 3.20. The highest BCUT2D eigenvalue weighted by atomic mass is 35.5. The first-order chi connectivity index (χ1) is 13.1. The van der Waals surface area contributed by atoms with Crippen LogP contribution in [0.3, 0.4) is 0 Å². The van der Waals surface area contributed by atoms with Gasteiger partial charge >= 0.3 is 0 Å². The molecule has 0 aromatic carbocycles. The van der Waals surface area contributed by atoms with Crippen molar-refractivity contribution >= 4 is 40.4 Å². The van der Waals surface area contributed by atoms with Gasteiger partial charge < -0.3 is 10.6 Å². The Morgan fingerprint density at radius 2 is 2.11 bits per heavy atom. The highest BCUT2D eigenvalue weighted by Gasteiger charge is 2.18. The van der Waals surface area contributed by atoms with E-state index < -0.39 is 0 Å². The van der Waals surface area contributed by atoms with Crippen LogP contribution in [-0.2, 0) is 0 Å². The fourth-order valence-electron chi connectivity index (χ4n) is 2.58. The van der Waals surface area contributed by atoms with Crippen LogP contribution in [0.25, 0.3) is 0 Å². The number of aromatic nitrogens is 3. The number of aryl methyl sites for hydroxylation is 1. The third kappa shape index (κ3) is 5.02. The summed E-state index contributed by atoms with van der Waals surface area (Å²) in [5.41, 5.74) is 2.61. The first-order valence-corrected chi connectivity index (χ1v) is 9.88. The molecule has 1 amide bonds. The molecule has 140 valence electrons. The van der Waals surface area contributed by atoms with Crippen molar-refractivity contribution in [1.29, 1.82) is 0 Å². The van der Waals surface area contributed by atoms with Gasteiger partial charge in [-0.15, -0.1) is 11.3 Å². The van der Waals surface area contributed by atoms with E-state index in [1.54, 1.807) is 24.0 Å². The van der Waals surface area contributed by atoms with Gasteiger partial charge in [-0.2, -0.15) is 0 Å². The van der Waals surface area contributed by atoms with E-state index in [0.717, 1.165) is 29.8 Å².